The first-order valence-corrected chi connectivity index (χ1v) is 15.4. The minimum absolute atomic E-state index is 0.307. The summed E-state index contributed by atoms with van der Waals surface area (Å²) in [5, 5.41) is 17.6. The van der Waals surface area contributed by atoms with Gasteiger partial charge in [-0.15, -0.1) is 0 Å². The number of hydrogen-bond donors (Lipinski definition) is 0. The van der Waals surface area contributed by atoms with Crippen LogP contribution < -0.4 is 14.4 Å². The highest BCUT2D eigenvalue weighted by molar-refractivity contribution is 6.78. The maximum absolute atomic E-state index is 12.3. The van der Waals surface area contributed by atoms with Gasteiger partial charge in [0, 0.05) is 17.2 Å². The molecule has 0 unspecified atom stereocenters. The molecule has 200 valence electrons. The van der Waals surface area contributed by atoms with Crippen LogP contribution >= 0.6 is 11.6 Å². The quantitative estimate of drug-likeness (QED) is 0.273. The van der Waals surface area contributed by atoms with Gasteiger partial charge in [-0.2, -0.15) is 5.10 Å². The monoisotopic (exact) mass is 540 g/mol. The summed E-state index contributed by atoms with van der Waals surface area (Å²) in [4.78, 5) is 13.5. The van der Waals surface area contributed by atoms with E-state index in [1.54, 1.807) is 41.1 Å². The Hall–Kier alpha value is -2.77. The number of amides is 1. The second-order valence-electron chi connectivity index (χ2n) is 11.5. The molecule has 1 heterocycles. The van der Waals surface area contributed by atoms with Crippen LogP contribution in [0.2, 0.25) is 21.6 Å². The molecule has 0 aliphatic rings. The van der Waals surface area contributed by atoms with Crippen LogP contribution in [0.1, 0.15) is 68.0 Å². The van der Waals surface area contributed by atoms with Crippen LogP contribution in [0.15, 0.2) is 54.6 Å². The number of halogens is 1. The summed E-state index contributed by atoms with van der Waals surface area (Å²) < 4.78 is 8.42. The van der Waals surface area contributed by atoms with Gasteiger partial charge in [0.1, 0.15) is 17.7 Å². The summed E-state index contributed by atoms with van der Waals surface area (Å²) in [7, 11) is -2.21. The van der Waals surface area contributed by atoms with Crippen LogP contribution in [0.4, 0.5) is 16.3 Å². The van der Waals surface area contributed by atoms with Gasteiger partial charge in [0.15, 0.2) is 0 Å². The largest absolute Gasteiger partial charge is 0.542 e. The zero-order valence-corrected chi connectivity index (χ0v) is 25.1. The molecule has 0 aliphatic heterocycles. The highest BCUT2D eigenvalue weighted by Crippen LogP contribution is 2.44. The fraction of sp³-hybridized carbons (Fsp3) is 0.448. The number of carbonyl (C=O) groups excluding carboxylic acids is 1. The number of anilines is 2. The van der Waals surface area contributed by atoms with Crippen molar-refractivity contribution in [3.8, 4) is 11.4 Å². The van der Waals surface area contributed by atoms with Gasteiger partial charge in [0.25, 0.3) is 8.32 Å². The van der Waals surface area contributed by atoms with Gasteiger partial charge in [-0.05, 0) is 47.0 Å². The van der Waals surface area contributed by atoms with Crippen LogP contribution in [-0.4, -0.2) is 24.2 Å². The summed E-state index contributed by atoms with van der Waals surface area (Å²) in [5.74, 6) is 1.01. The highest BCUT2D eigenvalue weighted by atomic mass is 35.5. The predicted molar refractivity (Wildman–Crippen MR) is 153 cm³/mol. The summed E-state index contributed by atoms with van der Waals surface area (Å²) in [5.41, 5.74) is 2.74. The van der Waals surface area contributed by atoms with Gasteiger partial charge in [-0.1, -0.05) is 92.1 Å². The average Bonchev–Trinajstić information content (AvgIpc) is 3.23. The lowest BCUT2D eigenvalue weighted by molar-refractivity contribution is -0.245. The highest BCUT2D eigenvalue weighted by Gasteiger charge is 2.47. The molecule has 3 rings (SSSR count). The number of para-hydroxylation sites is 1. The van der Waals surface area contributed by atoms with Crippen molar-refractivity contribution in [2.75, 3.05) is 4.90 Å². The van der Waals surface area contributed by atoms with E-state index in [4.69, 9.17) is 21.1 Å². The van der Waals surface area contributed by atoms with Gasteiger partial charge in [-0.25, -0.2) is 4.68 Å². The van der Waals surface area contributed by atoms with Crippen LogP contribution in [-0.2, 0) is 5.41 Å². The molecular weight excluding hydrogens is 502 g/mol. The Balaban J connectivity index is 2.15. The van der Waals surface area contributed by atoms with E-state index in [0.29, 0.717) is 44.6 Å². The molecule has 8 heteroatoms. The lowest BCUT2D eigenvalue weighted by Crippen LogP contribution is -2.50. The van der Waals surface area contributed by atoms with E-state index in [2.05, 4.69) is 41.5 Å². The Morgan fingerprint density at radius 3 is 2.00 bits per heavy atom. The van der Waals surface area contributed by atoms with Gasteiger partial charge < -0.3 is 14.3 Å². The van der Waals surface area contributed by atoms with Crippen molar-refractivity contribution in [2.45, 2.75) is 84.4 Å². The smallest absolute Gasteiger partial charge is 0.258 e. The third kappa shape index (κ3) is 5.73. The van der Waals surface area contributed by atoms with Gasteiger partial charge >= 0.3 is 0 Å². The molecular formula is C29H39ClN3O3Si-. The first kappa shape index (κ1) is 28.8. The van der Waals surface area contributed by atoms with Crippen molar-refractivity contribution in [3.63, 3.8) is 0 Å². The first-order valence-electron chi connectivity index (χ1n) is 12.9. The molecule has 2 aromatic carbocycles. The molecule has 3 aromatic rings. The Bertz CT molecular complexity index is 1210. The van der Waals surface area contributed by atoms with Crippen molar-refractivity contribution in [1.29, 1.82) is 0 Å². The topological polar surface area (TPSA) is 70.4 Å². The number of benzene rings is 2. The molecule has 0 bridgehead atoms. The molecule has 0 aliphatic carbocycles. The Kier molecular flexibility index (Phi) is 8.49. The minimum atomic E-state index is -2.21. The Labute approximate surface area is 227 Å². The van der Waals surface area contributed by atoms with E-state index in [-0.39, 0.29) is 5.41 Å². The fourth-order valence-corrected chi connectivity index (χ4v) is 10.8. The molecule has 1 aromatic heterocycles. The molecule has 0 radical (unpaired) electrons. The van der Waals surface area contributed by atoms with E-state index in [9.17, 15) is 9.90 Å². The number of rotatable bonds is 8. The number of aromatic nitrogens is 2. The molecule has 0 saturated carbocycles. The molecule has 0 N–H and O–H groups in total. The number of nitrogens with zero attached hydrogens (tertiary/aromatic N) is 3. The second-order valence-corrected chi connectivity index (χ2v) is 17.3. The number of carbonyl (C=O) groups is 1. The van der Waals surface area contributed by atoms with Crippen LogP contribution in [0, 0.1) is 0 Å². The van der Waals surface area contributed by atoms with Gasteiger partial charge in [0.05, 0.1) is 16.4 Å². The van der Waals surface area contributed by atoms with Crippen molar-refractivity contribution in [2.24, 2.45) is 0 Å². The van der Waals surface area contributed by atoms with Crippen molar-refractivity contribution in [3.05, 3.63) is 65.3 Å². The minimum Gasteiger partial charge on any atom is -0.542 e. The van der Waals surface area contributed by atoms with E-state index in [1.165, 1.54) is 0 Å². The summed E-state index contributed by atoms with van der Waals surface area (Å²) in [6.45, 7) is 19.5. The predicted octanol–water partition coefficient (Wildman–Crippen LogP) is 7.86. The van der Waals surface area contributed by atoms with Crippen LogP contribution in [0.3, 0.4) is 0 Å². The maximum atomic E-state index is 12.3. The third-order valence-electron chi connectivity index (χ3n) is 7.04. The van der Waals surface area contributed by atoms with Gasteiger partial charge in [-0.3, -0.25) is 4.90 Å². The standard InChI is InChI=1S/C29H40ClN3O3Si/c1-19(2)37(20(3)4,21(5)6)36-25-16-15-23(17-24(25)30)33-27(18-26(31-33)29(7,8)9)32(28(34)35)22-13-11-10-12-14-22/h10-21H,1-9H3,(H,34,35)/p-1. The Morgan fingerprint density at radius 2 is 1.54 bits per heavy atom. The molecule has 6 nitrogen and oxygen atoms in total. The lowest BCUT2D eigenvalue weighted by Gasteiger charge is -2.42. The lowest BCUT2D eigenvalue weighted by atomic mass is 9.92. The second kappa shape index (κ2) is 10.9. The van der Waals surface area contributed by atoms with Crippen molar-refractivity contribution < 1.29 is 14.3 Å². The maximum Gasteiger partial charge on any atom is 0.258 e. The third-order valence-corrected chi connectivity index (χ3v) is 13.3. The summed E-state index contributed by atoms with van der Waals surface area (Å²) >= 11 is 6.82. The van der Waals surface area contributed by atoms with Crippen LogP contribution in [0.25, 0.3) is 5.69 Å². The fourth-order valence-electron chi connectivity index (χ4n) is 5.24. The number of hydrogen-bond acceptors (Lipinski definition) is 4. The molecule has 37 heavy (non-hydrogen) atoms. The van der Waals surface area contributed by atoms with Gasteiger partial charge in [0.2, 0.25) is 0 Å². The first-order chi connectivity index (χ1) is 17.2. The van der Waals surface area contributed by atoms with E-state index in [1.807, 2.05) is 39.0 Å². The summed E-state index contributed by atoms with van der Waals surface area (Å²) in [6.07, 6.45) is -1.35. The zero-order valence-electron chi connectivity index (χ0n) is 23.4. The molecule has 0 fully saturated rings. The van der Waals surface area contributed by atoms with E-state index < -0.39 is 14.4 Å². The van der Waals surface area contributed by atoms with E-state index in [0.717, 1.165) is 10.6 Å². The summed E-state index contributed by atoms with van der Waals surface area (Å²) in [6, 6.07) is 16.2. The Morgan fingerprint density at radius 1 is 0.973 bits per heavy atom. The van der Waals surface area contributed by atoms with E-state index >= 15 is 0 Å². The average molecular weight is 541 g/mol. The van der Waals surface area contributed by atoms with Crippen molar-refractivity contribution in [1.82, 2.24) is 9.78 Å². The normalized spacial score (nSPS) is 12.5. The number of carboxylic acid groups (broad SMARTS) is 1. The SMILES string of the molecule is CC(C)[Si](Oc1ccc(-n2nc(C(C)(C)C)cc2N(C(=O)[O-])c2ccccc2)cc1Cl)(C(C)C)C(C)C. The molecule has 1 amide bonds. The van der Waals surface area contributed by atoms with Crippen molar-refractivity contribution >= 4 is 37.5 Å². The zero-order chi connectivity index (χ0) is 27.7. The molecule has 0 atom stereocenters. The molecule has 0 spiro atoms. The molecule has 0 saturated heterocycles. The van der Waals surface area contributed by atoms with Crippen LogP contribution in [0.5, 0.6) is 5.75 Å².